The number of hydrogen-bond donors (Lipinski definition) is 8. The van der Waals surface area contributed by atoms with Gasteiger partial charge >= 0.3 is 0 Å². The predicted octanol–water partition coefficient (Wildman–Crippen LogP) is 0.228. The Bertz CT molecular complexity index is 1650. The second kappa shape index (κ2) is 16.8. The zero-order chi connectivity index (χ0) is 38.0. The van der Waals surface area contributed by atoms with Gasteiger partial charge in [0.15, 0.2) is 6.29 Å². The topological polar surface area (TPSA) is 219 Å². The maximum absolute atomic E-state index is 13.7. The third kappa shape index (κ3) is 8.23. The lowest BCUT2D eigenvalue weighted by atomic mass is 9.78. The zero-order valence-electron chi connectivity index (χ0n) is 28.3. The summed E-state index contributed by atoms with van der Waals surface area (Å²) in [5.41, 5.74) is 1.74. The van der Waals surface area contributed by atoms with E-state index in [4.69, 9.17) is 18.9 Å². The molecule has 16 heteroatoms. The summed E-state index contributed by atoms with van der Waals surface area (Å²) in [6, 6.07) is 17.3. The lowest BCUT2D eigenvalue weighted by Gasteiger charge is -2.48. The Morgan fingerprint density at radius 3 is 1.94 bits per heavy atom. The molecule has 0 bridgehead atoms. The molecule has 0 aromatic heterocycles. The molecule has 53 heavy (non-hydrogen) atoms. The van der Waals surface area contributed by atoms with Gasteiger partial charge in [-0.3, -0.25) is 4.79 Å². The molecule has 3 aliphatic heterocycles. The first kappa shape index (κ1) is 39.1. The van der Waals surface area contributed by atoms with Gasteiger partial charge in [0, 0.05) is 5.69 Å². The van der Waals surface area contributed by atoms with E-state index in [9.17, 15) is 54.4 Å². The summed E-state index contributed by atoms with van der Waals surface area (Å²) in [5.74, 6) is -1.28. The Hall–Kier alpha value is -3.65. The lowest BCUT2D eigenvalue weighted by Crippen LogP contribution is -2.65. The number of rotatable bonds is 13. The molecule has 3 saturated heterocycles. The van der Waals surface area contributed by atoms with Crippen molar-refractivity contribution in [3.63, 3.8) is 0 Å². The van der Waals surface area contributed by atoms with Gasteiger partial charge in [-0.25, -0.2) is 8.78 Å². The molecule has 0 spiro atoms. The van der Waals surface area contributed by atoms with Crippen LogP contribution in [-0.2, 0) is 19.0 Å². The first-order chi connectivity index (χ1) is 25.4. The van der Waals surface area contributed by atoms with Gasteiger partial charge in [0.25, 0.3) is 0 Å². The molecule has 3 aromatic carbocycles. The Morgan fingerprint density at radius 2 is 1.32 bits per heavy atom. The van der Waals surface area contributed by atoms with Crippen LogP contribution in [0.15, 0.2) is 72.8 Å². The SMILES string of the molecule is O=C1C(CC[C@H](O)c2ccc(F)cc2)[C@@H](c2ccc(OCC3OC(CO)C(OC4OC(CO)C(O)C(O)C4O)C(O)C3O)cc2)N1c1ccc(F)cc1. The third-order valence-electron chi connectivity index (χ3n) is 10.1. The highest BCUT2D eigenvalue weighted by Crippen LogP contribution is 2.46. The van der Waals surface area contributed by atoms with Gasteiger partial charge < -0.3 is 64.7 Å². The minimum absolute atomic E-state index is 0.206. The van der Waals surface area contributed by atoms with Gasteiger partial charge in [0.05, 0.1) is 31.3 Å². The highest BCUT2D eigenvalue weighted by atomic mass is 19.1. The van der Waals surface area contributed by atoms with E-state index in [-0.39, 0.29) is 18.9 Å². The second-order valence-electron chi connectivity index (χ2n) is 13.4. The van der Waals surface area contributed by atoms with Gasteiger partial charge in [-0.1, -0.05) is 24.3 Å². The predicted molar refractivity (Wildman–Crippen MR) is 179 cm³/mol. The van der Waals surface area contributed by atoms with Crippen molar-refractivity contribution in [2.24, 2.45) is 5.92 Å². The third-order valence-corrected chi connectivity index (χ3v) is 10.1. The molecule has 11 unspecified atom stereocenters. The number of carbonyl (C=O) groups is 1. The number of carbonyl (C=O) groups excluding carboxylic acids is 1. The second-order valence-corrected chi connectivity index (χ2v) is 13.4. The van der Waals surface area contributed by atoms with E-state index in [0.717, 1.165) is 5.56 Å². The Balaban J connectivity index is 1.10. The monoisotopic (exact) mass is 747 g/mol. The largest absolute Gasteiger partial charge is 0.491 e. The van der Waals surface area contributed by atoms with Crippen molar-refractivity contribution in [2.45, 2.75) is 86.2 Å². The van der Waals surface area contributed by atoms with Crippen LogP contribution in [-0.4, -0.2) is 128 Å². The van der Waals surface area contributed by atoms with Gasteiger partial charge in [-0.05, 0) is 72.5 Å². The highest BCUT2D eigenvalue weighted by molar-refractivity contribution is 6.03. The molecule has 3 aliphatic rings. The van der Waals surface area contributed by atoms with E-state index in [1.807, 2.05) is 0 Å². The number of nitrogens with zero attached hydrogens (tertiary/aromatic N) is 1. The number of ether oxygens (including phenoxy) is 4. The van der Waals surface area contributed by atoms with Gasteiger partial charge in [-0.15, -0.1) is 0 Å². The average Bonchev–Trinajstić information content (AvgIpc) is 3.16. The summed E-state index contributed by atoms with van der Waals surface area (Å²) < 4.78 is 49.7. The maximum Gasteiger partial charge on any atom is 0.233 e. The van der Waals surface area contributed by atoms with Crippen molar-refractivity contribution in [1.82, 2.24) is 0 Å². The van der Waals surface area contributed by atoms with Crippen LogP contribution in [0.2, 0.25) is 0 Å². The van der Waals surface area contributed by atoms with Crippen molar-refractivity contribution in [3.8, 4) is 5.75 Å². The molecule has 3 fully saturated rings. The van der Waals surface area contributed by atoms with E-state index in [1.54, 1.807) is 29.2 Å². The normalized spacial score (nSPS) is 33.7. The minimum Gasteiger partial charge on any atom is -0.491 e. The molecule has 14 nitrogen and oxygen atoms in total. The van der Waals surface area contributed by atoms with Crippen LogP contribution in [0.3, 0.4) is 0 Å². The van der Waals surface area contributed by atoms with Gasteiger partial charge in [-0.2, -0.15) is 0 Å². The van der Waals surface area contributed by atoms with Gasteiger partial charge in [0.1, 0.15) is 78.9 Å². The van der Waals surface area contributed by atoms with Crippen molar-refractivity contribution >= 4 is 11.6 Å². The molecule has 13 atom stereocenters. The molecule has 3 heterocycles. The number of aliphatic hydroxyl groups excluding tert-OH is 8. The molecule has 0 radical (unpaired) electrons. The number of halogens is 2. The fraction of sp³-hybridized carbons (Fsp3) is 0.486. The standard InChI is InChI=1S/C37H43F2NO13/c38-20-5-1-18(2-6-20)25(43)14-13-24-29(40(36(24)49)22-9-7-21(39)8-10-22)19-3-11-23(12-4-19)50-17-28-31(45)33(47)35(27(16-42)51-28)53-37-34(48)32(46)30(44)26(15-41)52-37/h1-12,24-35,37,41-48H,13-17H2/t24?,25-,26?,27?,28?,29+,30?,31?,32?,33?,34?,35?,37?/m0/s1. The smallest absolute Gasteiger partial charge is 0.233 e. The Morgan fingerprint density at radius 1 is 0.717 bits per heavy atom. The number of anilines is 1. The molecule has 288 valence electrons. The molecule has 0 saturated carbocycles. The van der Waals surface area contributed by atoms with Crippen molar-refractivity contribution < 1.29 is 73.4 Å². The summed E-state index contributed by atoms with van der Waals surface area (Å²) in [7, 11) is 0. The molecular formula is C37H43F2NO13. The zero-order valence-corrected chi connectivity index (χ0v) is 28.3. The first-order valence-corrected chi connectivity index (χ1v) is 17.2. The first-order valence-electron chi connectivity index (χ1n) is 17.2. The highest BCUT2D eigenvalue weighted by Gasteiger charge is 2.51. The van der Waals surface area contributed by atoms with E-state index in [0.29, 0.717) is 23.4 Å². The van der Waals surface area contributed by atoms with Crippen LogP contribution in [0.25, 0.3) is 0 Å². The van der Waals surface area contributed by atoms with Crippen LogP contribution in [0.4, 0.5) is 14.5 Å². The van der Waals surface area contributed by atoms with Crippen LogP contribution >= 0.6 is 0 Å². The lowest BCUT2D eigenvalue weighted by molar-refractivity contribution is -0.342. The van der Waals surface area contributed by atoms with Crippen molar-refractivity contribution in [1.29, 1.82) is 0 Å². The van der Waals surface area contributed by atoms with E-state index in [2.05, 4.69) is 0 Å². The maximum atomic E-state index is 13.7. The van der Waals surface area contributed by atoms with Crippen LogP contribution in [0.1, 0.15) is 36.1 Å². The quantitative estimate of drug-likeness (QED) is 0.110. The average molecular weight is 748 g/mol. The van der Waals surface area contributed by atoms with E-state index >= 15 is 0 Å². The summed E-state index contributed by atoms with van der Waals surface area (Å²) in [4.78, 5) is 15.0. The van der Waals surface area contributed by atoms with Crippen LogP contribution in [0.5, 0.6) is 5.75 Å². The van der Waals surface area contributed by atoms with Crippen LogP contribution < -0.4 is 9.64 Å². The summed E-state index contributed by atoms with van der Waals surface area (Å²) in [6.45, 7) is -1.69. The van der Waals surface area contributed by atoms with E-state index < -0.39 is 104 Å². The summed E-state index contributed by atoms with van der Waals surface area (Å²) in [5, 5.41) is 82.5. The molecule has 0 aliphatic carbocycles. The number of benzene rings is 3. The Labute approximate surface area is 303 Å². The summed E-state index contributed by atoms with van der Waals surface area (Å²) in [6.07, 6.45) is -15.6. The van der Waals surface area contributed by atoms with Crippen molar-refractivity contribution in [3.05, 3.63) is 95.6 Å². The number of hydrogen-bond acceptors (Lipinski definition) is 13. The molecule has 1 amide bonds. The number of β-lactam (4-membered cyclic amide) rings is 1. The fourth-order valence-electron chi connectivity index (χ4n) is 7.03. The van der Waals surface area contributed by atoms with Gasteiger partial charge in [0.2, 0.25) is 5.91 Å². The molecular weight excluding hydrogens is 704 g/mol. The van der Waals surface area contributed by atoms with Crippen LogP contribution in [0, 0.1) is 17.6 Å². The Kier molecular flexibility index (Phi) is 12.4. The molecule has 6 rings (SSSR count). The fourth-order valence-corrected chi connectivity index (χ4v) is 7.03. The van der Waals surface area contributed by atoms with E-state index in [1.165, 1.54) is 48.5 Å². The molecule has 8 N–H and O–H groups in total. The molecule has 3 aromatic rings. The minimum atomic E-state index is -1.79. The summed E-state index contributed by atoms with van der Waals surface area (Å²) >= 11 is 0. The van der Waals surface area contributed by atoms with Crippen molar-refractivity contribution in [2.75, 3.05) is 24.7 Å². The number of amides is 1. The number of aliphatic hydroxyl groups is 8.